The van der Waals surface area contributed by atoms with Crippen LogP contribution >= 0.6 is 0 Å². The molecule has 90 valence electrons. The quantitative estimate of drug-likeness (QED) is 0.676. The van der Waals surface area contributed by atoms with E-state index in [4.69, 9.17) is 0 Å². The Hall–Kier alpha value is -0.570. The lowest BCUT2D eigenvalue weighted by molar-refractivity contribution is -0.126. The summed E-state index contributed by atoms with van der Waals surface area (Å²) < 4.78 is 0. The van der Waals surface area contributed by atoms with E-state index in [0.29, 0.717) is 11.8 Å². The Morgan fingerprint density at radius 3 is 2.20 bits per heavy atom. The number of rotatable bonds is 7. The van der Waals surface area contributed by atoms with Gasteiger partial charge in [0.2, 0.25) is 5.91 Å². The number of hydrogen-bond donors (Lipinski definition) is 2. The molecular weight excluding hydrogens is 188 g/mol. The lowest BCUT2D eigenvalue weighted by atomic mass is 9.95. The van der Waals surface area contributed by atoms with Crippen molar-refractivity contribution in [2.45, 2.75) is 34.1 Å². The van der Waals surface area contributed by atoms with E-state index >= 15 is 0 Å². The average Bonchev–Trinajstić information content (AvgIpc) is 2.12. The summed E-state index contributed by atoms with van der Waals surface area (Å²) in [6, 6.07) is 0. The van der Waals surface area contributed by atoms with Gasteiger partial charge in [-0.15, -0.1) is 0 Å². The molecule has 0 aromatic heterocycles. The molecule has 0 bridgehead atoms. The highest BCUT2D eigenvalue weighted by Gasteiger charge is 2.20. The predicted octanol–water partition coefficient (Wildman–Crippen LogP) is 1.64. The molecule has 0 spiro atoms. The van der Waals surface area contributed by atoms with Crippen LogP contribution in [0.5, 0.6) is 0 Å². The highest BCUT2D eigenvalue weighted by molar-refractivity contribution is 5.79. The maximum absolute atomic E-state index is 11.8. The van der Waals surface area contributed by atoms with Crippen molar-refractivity contribution in [3.8, 4) is 0 Å². The first-order chi connectivity index (χ1) is 6.99. The van der Waals surface area contributed by atoms with E-state index in [0.717, 1.165) is 19.5 Å². The zero-order valence-electron chi connectivity index (χ0n) is 10.8. The second kappa shape index (κ2) is 7.69. The van der Waals surface area contributed by atoms with E-state index < -0.39 is 0 Å². The number of carbonyl (C=O) groups excluding carboxylic acids is 1. The molecule has 0 aliphatic rings. The summed E-state index contributed by atoms with van der Waals surface area (Å²) in [7, 11) is 1.89. The fraction of sp³-hybridized carbons (Fsp3) is 0.917. The SMILES string of the molecule is CNCC(C(=O)NCCC(C)C)C(C)C. The van der Waals surface area contributed by atoms with Crippen LogP contribution in [-0.2, 0) is 4.79 Å². The molecule has 0 saturated carbocycles. The maximum atomic E-state index is 11.8. The van der Waals surface area contributed by atoms with Gasteiger partial charge in [-0.3, -0.25) is 4.79 Å². The largest absolute Gasteiger partial charge is 0.356 e. The highest BCUT2D eigenvalue weighted by atomic mass is 16.1. The third kappa shape index (κ3) is 6.50. The fourth-order valence-electron chi connectivity index (χ4n) is 1.47. The Bertz CT molecular complexity index is 178. The molecule has 0 aromatic rings. The van der Waals surface area contributed by atoms with Gasteiger partial charge in [0.05, 0.1) is 5.92 Å². The zero-order valence-corrected chi connectivity index (χ0v) is 10.8. The van der Waals surface area contributed by atoms with Crippen molar-refractivity contribution < 1.29 is 4.79 Å². The van der Waals surface area contributed by atoms with Crippen LogP contribution in [0.15, 0.2) is 0 Å². The molecule has 3 nitrogen and oxygen atoms in total. The molecule has 0 aliphatic carbocycles. The highest BCUT2D eigenvalue weighted by Crippen LogP contribution is 2.09. The van der Waals surface area contributed by atoms with Gasteiger partial charge in [-0.05, 0) is 25.3 Å². The fourth-order valence-corrected chi connectivity index (χ4v) is 1.47. The van der Waals surface area contributed by atoms with Crippen molar-refractivity contribution in [3.63, 3.8) is 0 Å². The van der Waals surface area contributed by atoms with Crippen molar-refractivity contribution >= 4 is 5.91 Å². The Kier molecular flexibility index (Phi) is 7.39. The van der Waals surface area contributed by atoms with E-state index in [1.807, 2.05) is 7.05 Å². The minimum Gasteiger partial charge on any atom is -0.356 e. The summed E-state index contributed by atoms with van der Waals surface area (Å²) in [5.41, 5.74) is 0. The molecule has 15 heavy (non-hydrogen) atoms. The summed E-state index contributed by atoms with van der Waals surface area (Å²) in [5.74, 6) is 1.30. The minimum atomic E-state index is 0.0853. The van der Waals surface area contributed by atoms with Crippen LogP contribution in [0.2, 0.25) is 0 Å². The van der Waals surface area contributed by atoms with Gasteiger partial charge in [0.15, 0.2) is 0 Å². The van der Waals surface area contributed by atoms with Crippen LogP contribution in [-0.4, -0.2) is 26.0 Å². The van der Waals surface area contributed by atoms with Gasteiger partial charge in [0.1, 0.15) is 0 Å². The summed E-state index contributed by atoms with van der Waals surface area (Å²) in [6.07, 6.45) is 1.05. The van der Waals surface area contributed by atoms with Crippen LogP contribution in [0.3, 0.4) is 0 Å². The lowest BCUT2D eigenvalue weighted by Crippen LogP contribution is -2.39. The van der Waals surface area contributed by atoms with Gasteiger partial charge in [0, 0.05) is 13.1 Å². The molecule has 1 amide bonds. The standard InChI is InChI=1S/C12H26N2O/c1-9(2)6-7-14-12(15)11(8-13-5)10(3)4/h9-11,13H,6-8H2,1-5H3,(H,14,15). The predicted molar refractivity (Wildman–Crippen MR) is 64.7 cm³/mol. The van der Waals surface area contributed by atoms with Gasteiger partial charge in [-0.25, -0.2) is 0 Å². The van der Waals surface area contributed by atoms with Gasteiger partial charge in [0.25, 0.3) is 0 Å². The van der Waals surface area contributed by atoms with Crippen LogP contribution in [0.4, 0.5) is 0 Å². The molecule has 0 heterocycles. The van der Waals surface area contributed by atoms with Gasteiger partial charge in [-0.1, -0.05) is 27.7 Å². The second-order valence-electron chi connectivity index (χ2n) is 4.88. The molecule has 0 radical (unpaired) electrons. The Labute approximate surface area is 94.0 Å². The van der Waals surface area contributed by atoms with E-state index in [-0.39, 0.29) is 11.8 Å². The molecule has 0 aromatic carbocycles. The van der Waals surface area contributed by atoms with Crippen molar-refractivity contribution in [1.82, 2.24) is 10.6 Å². The summed E-state index contributed by atoms with van der Waals surface area (Å²) in [6.45, 7) is 10.1. The van der Waals surface area contributed by atoms with Crippen molar-refractivity contribution in [2.75, 3.05) is 20.1 Å². The second-order valence-corrected chi connectivity index (χ2v) is 4.88. The van der Waals surface area contributed by atoms with Crippen molar-refractivity contribution in [3.05, 3.63) is 0 Å². The normalized spacial score (nSPS) is 13.3. The first kappa shape index (κ1) is 14.4. The topological polar surface area (TPSA) is 41.1 Å². The summed E-state index contributed by atoms with van der Waals surface area (Å²) >= 11 is 0. The van der Waals surface area contributed by atoms with Crippen LogP contribution in [0, 0.1) is 17.8 Å². The Morgan fingerprint density at radius 1 is 1.20 bits per heavy atom. The third-order valence-electron chi connectivity index (χ3n) is 2.59. The number of amides is 1. The molecule has 3 heteroatoms. The van der Waals surface area contributed by atoms with E-state index in [2.05, 4.69) is 38.3 Å². The van der Waals surface area contributed by atoms with Crippen LogP contribution in [0.1, 0.15) is 34.1 Å². The van der Waals surface area contributed by atoms with E-state index in [1.54, 1.807) is 0 Å². The molecule has 2 N–H and O–H groups in total. The summed E-state index contributed by atoms with van der Waals surface area (Å²) in [5, 5.41) is 6.07. The molecule has 0 rings (SSSR count). The van der Waals surface area contributed by atoms with Gasteiger partial charge in [-0.2, -0.15) is 0 Å². The molecular formula is C12H26N2O. The van der Waals surface area contributed by atoms with E-state index in [1.165, 1.54) is 0 Å². The number of nitrogens with one attached hydrogen (secondary N) is 2. The molecule has 0 fully saturated rings. The van der Waals surface area contributed by atoms with E-state index in [9.17, 15) is 4.79 Å². The molecule has 0 aliphatic heterocycles. The lowest BCUT2D eigenvalue weighted by Gasteiger charge is -2.20. The Balaban J connectivity index is 3.92. The molecule has 1 unspecified atom stereocenters. The smallest absolute Gasteiger partial charge is 0.224 e. The third-order valence-corrected chi connectivity index (χ3v) is 2.59. The van der Waals surface area contributed by atoms with Gasteiger partial charge < -0.3 is 10.6 Å². The number of hydrogen-bond acceptors (Lipinski definition) is 2. The van der Waals surface area contributed by atoms with Crippen molar-refractivity contribution in [2.24, 2.45) is 17.8 Å². The average molecular weight is 214 g/mol. The molecule has 0 saturated heterocycles. The first-order valence-electron chi connectivity index (χ1n) is 5.91. The first-order valence-corrected chi connectivity index (χ1v) is 5.91. The Morgan fingerprint density at radius 2 is 1.80 bits per heavy atom. The van der Waals surface area contributed by atoms with Crippen LogP contribution < -0.4 is 10.6 Å². The van der Waals surface area contributed by atoms with Crippen LogP contribution in [0.25, 0.3) is 0 Å². The minimum absolute atomic E-state index is 0.0853. The zero-order chi connectivity index (χ0) is 11.8. The number of carbonyl (C=O) groups is 1. The van der Waals surface area contributed by atoms with Gasteiger partial charge >= 0.3 is 0 Å². The molecule has 1 atom stereocenters. The summed E-state index contributed by atoms with van der Waals surface area (Å²) in [4.78, 5) is 11.8. The maximum Gasteiger partial charge on any atom is 0.224 e. The monoisotopic (exact) mass is 214 g/mol. The van der Waals surface area contributed by atoms with Crippen molar-refractivity contribution in [1.29, 1.82) is 0 Å².